The largest absolute Gasteiger partial charge is 0.493 e. The molecule has 0 atom stereocenters. The average molecular weight is 487 g/mol. The third-order valence-corrected chi connectivity index (χ3v) is 6.06. The summed E-state index contributed by atoms with van der Waals surface area (Å²) in [6.07, 6.45) is 3.04. The van der Waals surface area contributed by atoms with E-state index >= 15 is 0 Å². The van der Waals surface area contributed by atoms with Gasteiger partial charge in [0.1, 0.15) is 0 Å². The predicted molar refractivity (Wildman–Crippen MR) is 132 cm³/mol. The Balaban J connectivity index is 1.40. The van der Waals surface area contributed by atoms with Crippen LogP contribution in [0.15, 0.2) is 80.9 Å². The highest BCUT2D eigenvalue weighted by atomic mass is 32.2. The molecule has 35 heavy (non-hydrogen) atoms. The lowest BCUT2D eigenvalue weighted by Crippen LogP contribution is -2.35. The molecule has 0 unspecified atom stereocenters. The van der Waals surface area contributed by atoms with E-state index < -0.39 is 11.9 Å². The van der Waals surface area contributed by atoms with E-state index in [9.17, 15) is 9.59 Å². The minimum Gasteiger partial charge on any atom is -0.493 e. The molecule has 2 aliphatic rings. The lowest BCUT2D eigenvalue weighted by Gasteiger charge is -2.20. The number of rotatable bonds is 5. The average Bonchev–Trinajstić information content (AvgIpc) is 3.53. The number of amidine groups is 2. The normalized spacial score (nSPS) is 16.2. The summed E-state index contributed by atoms with van der Waals surface area (Å²) >= 11 is 1.16. The summed E-state index contributed by atoms with van der Waals surface area (Å²) in [5.74, 6) is -0.120. The molecule has 0 spiro atoms. The van der Waals surface area contributed by atoms with Gasteiger partial charge in [-0.3, -0.25) is 10.2 Å². The molecule has 1 aromatic heterocycles. The fraction of sp³-hybridized carbons (Fsp3) is 0.0800. The van der Waals surface area contributed by atoms with Crippen LogP contribution in [0.5, 0.6) is 11.5 Å². The Labute approximate surface area is 204 Å². The van der Waals surface area contributed by atoms with Gasteiger partial charge in [0.05, 0.1) is 24.5 Å². The summed E-state index contributed by atoms with van der Waals surface area (Å²) < 4.78 is 16.3. The number of carbonyl (C=O) groups is 2. The Morgan fingerprint density at radius 3 is 2.74 bits per heavy atom. The molecule has 0 aliphatic carbocycles. The predicted octanol–water partition coefficient (Wildman–Crippen LogP) is 4.48. The summed E-state index contributed by atoms with van der Waals surface area (Å²) in [6, 6.07) is 15.4. The van der Waals surface area contributed by atoms with Crippen molar-refractivity contribution < 1.29 is 23.5 Å². The lowest BCUT2D eigenvalue weighted by molar-refractivity contribution is -0.114. The molecular weight excluding hydrogens is 468 g/mol. The Morgan fingerprint density at radius 2 is 2.00 bits per heavy atom. The number of fused-ring (bicyclic) bond motifs is 1. The van der Waals surface area contributed by atoms with E-state index in [2.05, 4.69) is 10.1 Å². The quantitative estimate of drug-likeness (QED) is 0.321. The highest BCUT2D eigenvalue weighted by molar-refractivity contribution is 8.27. The van der Waals surface area contributed by atoms with Gasteiger partial charge in [-0.25, -0.2) is 4.79 Å². The van der Waals surface area contributed by atoms with Crippen molar-refractivity contribution in [2.75, 3.05) is 7.11 Å². The SMILES string of the molecule is COc1cc(/C=C2\C(=N)N3N=C(c4ccco4)SC3=NC2=O)ccc1OC(=O)c1cccc(C)c1. The van der Waals surface area contributed by atoms with Crippen molar-refractivity contribution in [1.29, 1.82) is 5.41 Å². The summed E-state index contributed by atoms with van der Waals surface area (Å²) in [4.78, 5) is 29.3. The van der Waals surface area contributed by atoms with Crippen molar-refractivity contribution >= 4 is 45.8 Å². The van der Waals surface area contributed by atoms with Gasteiger partial charge < -0.3 is 13.9 Å². The first kappa shape index (κ1) is 22.4. The molecule has 5 rings (SSSR count). The van der Waals surface area contributed by atoms with Gasteiger partial charge in [-0.1, -0.05) is 23.8 Å². The maximum atomic E-state index is 12.7. The van der Waals surface area contributed by atoms with Gasteiger partial charge in [0.25, 0.3) is 5.91 Å². The van der Waals surface area contributed by atoms with E-state index in [4.69, 9.17) is 19.3 Å². The number of aryl methyl sites for hydroxylation is 1. The molecule has 1 amide bonds. The second-order valence-electron chi connectivity index (χ2n) is 7.57. The number of ether oxygens (including phenoxy) is 2. The zero-order valence-electron chi connectivity index (χ0n) is 18.6. The number of nitrogens with one attached hydrogen (secondary N) is 1. The van der Waals surface area contributed by atoms with Crippen LogP contribution in [0.3, 0.4) is 0 Å². The van der Waals surface area contributed by atoms with Crippen molar-refractivity contribution in [3.63, 3.8) is 0 Å². The topological polar surface area (TPSA) is 118 Å². The van der Waals surface area contributed by atoms with Crippen LogP contribution in [-0.2, 0) is 4.79 Å². The second-order valence-corrected chi connectivity index (χ2v) is 8.53. The fourth-order valence-corrected chi connectivity index (χ4v) is 4.31. The van der Waals surface area contributed by atoms with Crippen LogP contribution in [0, 0.1) is 12.3 Å². The zero-order valence-corrected chi connectivity index (χ0v) is 19.5. The van der Waals surface area contributed by atoms with Crippen LogP contribution in [-0.4, -0.2) is 40.0 Å². The number of thioether (sulfide) groups is 1. The van der Waals surface area contributed by atoms with Crippen LogP contribution in [0.25, 0.3) is 6.08 Å². The third-order valence-electron chi connectivity index (χ3n) is 5.14. The first-order chi connectivity index (χ1) is 16.9. The van der Waals surface area contributed by atoms with Crippen LogP contribution < -0.4 is 9.47 Å². The molecule has 0 saturated heterocycles. The number of nitrogens with zero attached hydrogens (tertiary/aromatic N) is 3. The molecule has 3 heterocycles. The van der Waals surface area contributed by atoms with E-state index in [0.29, 0.717) is 32.8 Å². The summed E-state index contributed by atoms with van der Waals surface area (Å²) in [6.45, 7) is 1.89. The van der Waals surface area contributed by atoms with Crippen molar-refractivity contribution in [1.82, 2.24) is 5.01 Å². The van der Waals surface area contributed by atoms with Crippen molar-refractivity contribution in [3.05, 3.63) is 88.9 Å². The van der Waals surface area contributed by atoms with Gasteiger partial charge >= 0.3 is 5.97 Å². The number of methoxy groups -OCH3 is 1. The number of hydrogen-bond acceptors (Lipinski definition) is 8. The molecular formula is C25H18N4O5S. The number of hydrogen-bond donors (Lipinski definition) is 1. The van der Waals surface area contributed by atoms with Gasteiger partial charge in [-0.05, 0) is 66.7 Å². The molecule has 2 aromatic carbocycles. The number of esters is 1. The second kappa shape index (κ2) is 9.07. The fourth-order valence-electron chi connectivity index (χ4n) is 3.45. The Kier molecular flexibility index (Phi) is 5.79. The number of aliphatic imine (C=N–C) groups is 1. The third kappa shape index (κ3) is 4.38. The first-order valence-electron chi connectivity index (χ1n) is 10.4. The number of amides is 1. The minimum absolute atomic E-state index is 0.0605. The first-order valence-corrected chi connectivity index (χ1v) is 11.3. The summed E-state index contributed by atoms with van der Waals surface area (Å²) in [7, 11) is 1.45. The molecule has 3 aromatic rings. The Hall–Kier alpha value is -4.44. The maximum Gasteiger partial charge on any atom is 0.343 e. The van der Waals surface area contributed by atoms with Gasteiger partial charge in [0, 0.05) is 0 Å². The van der Waals surface area contributed by atoms with Gasteiger partial charge in [0.15, 0.2) is 28.1 Å². The van der Waals surface area contributed by atoms with E-state index in [0.717, 1.165) is 17.3 Å². The van der Waals surface area contributed by atoms with E-state index in [1.807, 2.05) is 13.0 Å². The van der Waals surface area contributed by atoms with Crippen LogP contribution >= 0.6 is 11.8 Å². The summed E-state index contributed by atoms with van der Waals surface area (Å²) in [5.41, 5.74) is 1.98. The van der Waals surface area contributed by atoms with Crippen molar-refractivity contribution in [2.45, 2.75) is 6.92 Å². The standard InChI is InChI=1S/C25H18N4O5S/c1-14-5-3-6-16(11-14)24(31)34-18-9-8-15(13-20(18)32-2)12-17-21(26)29-25(27-22(17)30)35-23(28-29)19-7-4-10-33-19/h3-13,26H,1-2H3/b17-12+,26-21?. The van der Waals surface area contributed by atoms with Crippen LogP contribution in [0.2, 0.25) is 0 Å². The molecule has 174 valence electrons. The van der Waals surface area contributed by atoms with E-state index in [-0.39, 0.29) is 17.2 Å². The van der Waals surface area contributed by atoms with Crippen LogP contribution in [0.4, 0.5) is 0 Å². The maximum absolute atomic E-state index is 12.7. The highest BCUT2D eigenvalue weighted by Crippen LogP contribution is 2.33. The zero-order chi connectivity index (χ0) is 24.5. The number of hydrazone groups is 1. The number of furan rings is 1. The molecule has 0 bridgehead atoms. The molecule has 10 heteroatoms. The molecule has 0 fully saturated rings. The van der Waals surface area contributed by atoms with Gasteiger partial charge in [0.2, 0.25) is 5.17 Å². The van der Waals surface area contributed by atoms with Crippen molar-refractivity contribution in [2.24, 2.45) is 10.1 Å². The molecule has 1 N–H and O–H groups in total. The van der Waals surface area contributed by atoms with Gasteiger partial charge in [-0.15, -0.1) is 0 Å². The van der Waals surface area contributed by atoms with Crippen LogP contribution in [0.1, 0.15) is 27.2 Å². The number of benzene rings is 2. The highest BCUT2D eigenvalue weighted by Gasteiger charge is 2.36. The van der Waals surface area contributed by atoms with E-state index in [1.165, 1.54) is 24.5 Å². The van der Waals surface area contributed by atoms with Crippen molar-refractivity contribution in [3.8, 4) is 11.5 Å². The molecule has 2 aliphatic heterocycles. The monoisotopic (exact) mass is 486 g/mol. The molecule has 9 nitrogen and oxygen atoms in total. The Morgan fingerprint density at radius 1 is 1.14 bits per heavy atom. The lowest BCUT2D eigenvalue weighted by atomic mass is 10.1. The number of carbonyl (C=O) groups excluding carboxylic acids is 2. The van der Waals surface area contributed by atoms with E-state index in [1.54, 1.807) is 48.5 Å². The minimum atomic E-state index is -0.557. The molecule has 0 saturated carbocycles. The smallest absolute Gasteiger partial charge is 0.343 e. The van der Waals surface area contributed by atoms with Gasteiger partial charge in [-0.2, -0.15) is 15.1 Å². The molecule has 0 radical (unpaired) electrons. The summed E-state index contributed by atoms with van der Waals surface area (Å²) in [5, 5.41) is 15.0. The Bertz CT molecular complexity index is 1460.